The Labute approximate surface area is 122 Å². The van der Waals surface area contributed by atoms with E-state index >= 15 is 0 Å². The first-order valence-corrected chi connectivity index (χ1v) is 6.93. The van der Waals surface area contributed by atoms with Crippen molar-refractivity contribution in [1.82, 2.24) is 10.2 Å². The Kier molecular flexibility index (Phi) is 4.98. The number of aliphatic hydroxyl groups excluding tert-OH is 1. The van der Waals surface area contributed by atoms with Crippen LogP contribution >= 0.6 is 11.6 Å². The summed E-state index contributed by atoms with van der Waals surface area (Å²) in [6.45, 7) is 0.183. The molecule has 0 atom stereocenters. The number of rotatable bonds is 6. The zero-order valence-corrected chi connectivity index (χ0v) is 11.8. The summed E-state index contributed by atoms with van der Waals surface area (Å²) >= 11 is 5.81. The number of hydrogen-bond acceptors (Lipinski definition) is 3. The molecule has 1 aromatic rings. The molecule has 1 fully saturated rings. The monoisotopic (exact) mass is 296 g/mol. The van der Waals surface area contributed by atoms with Gasteiger partial charge in [-0.1, -0.05) is 17.7 Å². The molecule has 0 bridgehead atoms. The van der Waals surface area contributed by atoms with Crippen molar-refractivity contribution in [3.63, 3.8) is 0 Å². The van der Waals surface area contributed by atoms with Crippen LogP contribution in [-0.4, -0.2) is 47.6 Å². The van der Waals surface area contributed by atoms with Gasteiger partial charge in [-0.3, -0.25) is 9.59 Å². The highest BCUT2D eigenvalue weighted by atomic mass is 35.5. The molecule has 0 aliphatic heterocycles. The minimum absolute atomic E-state index is 0.0650. The Bertz CT molecular complexity index is 503. The fraction of sp³-hybridized carbons (Fsp3) is 0.429. The molecule has 1 saturated carbocycles. The van der Waals surface area contributed by atoms with E-state index in [1.165, 1.54) is 0 Å². The van der Waals surface area contributed by atoms with Gasteiger partial charge in [-0.15, -0.1) is 0 Å². The molecule has 0 heterocycles. The third-order valence-electron chi connectivity index (χ3n) is 3.14. The van der Waals surface area contributed by atoms with Crippen LogP contribution in [0.15, 0.2) is 24.3 Å². The molecule has 6 heteroatoms. The SMILES string of the molecule is O=C(NCC(=O)N(CCO)C1CC1)c1cccc(Cl)c1. The van der Waals surface area contributed by atoms with Gasteiger partial charge in [0.2, 0.25) is 5.91 Å². The third kappa shape index (κ3) is 3.95. The summed E-state index contributed by atoms with van der Waals surface area (Å²) in [6, 6.07) is 6.77. The average molecular weight is 297 g/mol. The van der Waals surface area contributed by atoms with Gasteiger partial charge in [0.05, 0.1) is 13.2 Å². The van der Waals surface area contributed by atoms with Gasteiger partial charge in [0, 0.05) is 23.2 Å². The van der Waals surface area contributed by atoms with Crippen LogP contribution in [0.5, 0.6) is 0 Å². The summed E-state index contributed by atoms with van der Waals surface area (Å²) in [4.78, 5) is 25.5. The minimum Gasteiger partial charge on any atom is -0.395 e. The van der Waals surface area contributed by atoms with E-state index in [9.17, 15) is 9.59 Å². The van der Waals surface area contributed by atoms with E-state index in [2.05, 4.69) is 5.32 Å². The topological polar surface area (TPSA) is 69.6 Å². The van der Waals surface area contributed by atoms with Gasteiger partial charge in [0.1, 0.15) is 0 Å². The van der Waals surface area contributed by atoms with Crippen molar-refractivity contribution in [3.8, 4) is 0 Å². The maximum absolute atomic E-state index is 12.0. The second-order valence-electron chi connectivity index (χ2n) is 4.73. The minimum atomic E-state index is -0.333. The third-order valence-corrected chi connectivity index (χ3v) is 3.37. The number of halogens is 1. The van der Waals surface area contributed by atoms with Crippen LogP contribution in [0.2, 0.25) is 5.02 Å². The molecule has 1 aromatic carbocycles. The highest BCUT2D eigenvalue weighted by molar-refractivity contribution is 6.30. The van der Waals surface area contributed by atoms with Crippen molar-refractivity contribution in [2.75, 3.05) is 19.7 Å². The number of nitrogens with one attached hydrogen (secondary N) is 1. The standard InChI is InChI=1S/C14H17ClN2O3/c15-11-3-1-2-10(8-11)14(20)16-9-13(19)17(6-7-18)12-4-5-12/h1-3,8,12,18H,4-7,9H2,(H,16,20). The van der Waals surface area contributed by atoms with Crippen LogP contribution in [0.1, 0.15) is 23.2 Å². The molecule has 0 unspecified atom stereocenters. The highest BCUT2D eigenvalue weighted by Gasteiger charge is 2.31. The quantitative estimate of drug-likeness (QED) is 0.824. The maximum atomic E-state index is 12.0. The number of amides is 2. The van der Waals surface area contributed by atoms with E-state index in [0.717, 1.165) is 12.8 Å². The molecular formula is C14H17ClN2O3. The summed E-state index contributed by atoms with van der Waals surface area (Å²) in [7, 11) is 0. The van der Waals surface area contributed by atoms with Crippen LogP contribution in [0, 0.1) is 0 Å². The van der Waals surface area contributed by atoms with E-state index < -0.39 is 0 Å². The molecule has 2 N–H and O–H groups in total. The lowest BCUT2D eigenvalue weighted by atomic mass is 10.2. The van der Waals surface area contributed by atoms with Crippen molar-refractivity contribution in [1.29, 1.82) is 0 Å². The first kappa shape index (κ1) is 14.8. The van der Waals surface area contributed by atoms with Crippen molar-refractivity contribution in [3.05, 3.63) is 34.9 Å². The van der Waals surface area contributed by atoms with Crippen LogP contribution in [0.4, 0.5) is 0 Å². The van der Waals surface area contributed by atoms with Crippen LogP contribution < -0.4 is 5.32 Å². The van der Waals surface area contributed by atoms with E-state index in [1.807, 2.05) is 0 Å². The molecule has 0 aromatic heterocycles. The first-order chi connectivity index (χ1) is 9.61. The zero-order valence-electron chi connectivity index (χ0n) is 11.0. The fourth-order valence-corrected chi connectivity index (χ4v) is 2.18. The van der Waals surface area contributed by atoms with Crippen LogP contribution in [0.3, 0.4) is 0 Å². The Hall–Kier alpha value is -1.59. The molecule has 0 spiro atoms. The van der Waals surface area contributed by atoms with Gasteiger partial charge < -0.3 is 15.3 Å². The molecule has 2 amide bonds. The number of carbonyl (C=O) groups excluding carboxylic acids is 2. The predicted molar refractivity (Wildman–Crippen MR) is 75.6 cm³/mol. The number of hydrogen-bond donors (Lipinski definition) is 2. The van der Waals surface area contributed by atoms with Gasteiger partial charge in [-0.25, -0.2) is 0 Å². The molecule has 20 heavy (non-hydrogen) atoms. The average Bonchev–Trinajstić information content (AvgIpc) is 3.26. The molecular weight excluding hydrogens is 280 g/mol. The molecule has 1 aliphatic carbocycles. The lowest BCUT2D eigenvalue weighted by Crippen LogP contribution is -2.42. The lowest BCUT2D eigenvalue weighted by Gasteiger charge is -2.21. The van der Waals surface area contributed by atoms with Crippen molar-refractivity contribution >= 4 is 23.4 Å². The fourth-order valence-electron chi connectivity index (χ4n) is 1.99. The Morgan fingerprint density at radius 3 is 2.75 bits per heavy atom. The number of benzene rings is 1. The molecule has 2 rings (SSSR count). The summed E-state index contributed by atoms with van der Waals surface area (Å²) in [5, 5.41) is 12.0. The first-order valence-electron chi connectivity index (χ1n) is 6.56. The largest absolute Gasteiger partial charge is 0.395 e. The smallest absolute Gasteiger partial charge is 0.251 e. The van der Waals surface area contributed by atoms with Gasteiger partial charge in [-0.2, -0.15) is 0 Å². The van der Waals surface area contributed by atoms with Gasteiger partial charge in [-0.05, 0) is 31.0 Å². The lowest BCUT2D eigenvalue weighted by molar-refractivity contribution is -0.131. The van der Waals surface area contributed by atoms with Crippen molar-refractivity contribution < 1.29 is 14.7 Å². The summed E-state index contributed by atoms with van der Waals surface area (Å²) in [5.41, 5.74) is 0.422. The van der Waals surface area contributed by atoms with Gasteiger partial charge in [0.15, 0.2) is 0 Å². The van der Waals surface area contributed by atoms with Gasteiger partial charge >= 0.3 is 0 Å². The van der Waals surface area contributed by atoms with Crippen molar-refractivity contribution in [2.24, 2.45) is 0 Å². The van der Waals surface area contributed by atoms with E-state index in [1.54, 1.807) is 29.2 Å². The molecule has 0 saturated heterocycles. The Morgan fingerprint density at radius 1 is 1.40 bits per heavy atom. The normalized spacial score (nSPS) is 13.9. The maximum Gasteiger partial charge on any atom is 0.251 e. The number of aliphatic hydroxyl groups is 1. The zero-order chi connectivity index (χ0) is 14.5. The molecule has 0 radical (unpaired) electrons. The Balaban J connectivity index is 1.87. The molecule has 108 valence electrons. The summed E-state index contributed by atoms with van der Waals surface area (Å²) in [6.07, 6.45) is 1.93. The second-order valence-corrected chi connectivity index (χ2v) is 5.17. The summed E-state index contributed by atoms with van der Waals surface area (Å²) in [5.74, 6) is -0.502. The van der Waals surface area contributed by atoms with Crippen LogP contribution in [0.25, 0.3) is 0 Å². The number of carbonyl (C=O) groups is 2. The van der Waals surface area contributed by atoms with E-state index in [4.69, 9.17) is 16.7 Å². The van der Waals surface area contributed by atoms with E-state index in [0.29, 0.717) is 17.1 Å². The molecule has 1 aliphatic rings. The predicted octanol–water partition coefficient (Wildman–Crippen LogP) is 1.05. The summed E-state index contributed by atoms with van der Waals surface area (Å²) < 4.78 is 0. The second kappa shape index (κ2) is 6.72. The van der Waals surface area contributed by atoms with Crippen LogP contribution in [-0.2, 0) is 4.79 Å². The van der Waals surface area contributed by atoms with E-state index in [-0.39, 0.29) is 31.0 Å². The van der Waals surface area contributed by atoms with Gasteiger partial charge in [0.25, 0.3) is 5.91 Å². The number of nitrogens with zero attached hydrogens (tertiary/aromatic N) is 1. The Morgan fingerprint density at radius 2 is 2.15 bits per heavy atom. The molecule has 5 nitrogen and oxygen atoms in total. The highest BCUT2D eigenvalue weighted by Crippen LogP contribution is 2.26. The van der Waals surface area contributed by atoms with Crippen molar-refractivity contribution in [2.45, 2.75) is 18.9 Å².